The molecular formula is C18H21N3OS2. The van der Waals surface area contributed by atoms with E-state index in [9.17, 15) is 4.79 Å². The Morgan fingerprint density at radius 3 is 3.00 bits per heavy atom. The maximum Gasteiger partial charge on any atom is 0.234 e. The van der Waals surface area contributed by atoms with Gasteiger partial charge in [0.15, 0.2) is 5.16 Å². The SMILES string of the molecule is O=C(CSC1CCCC1)Nc1ccccc1-c1cn2c(n1)SCC2. The molecule has 1 N–H and O–H groups in total. The molecule has 0 radical (unpaired) electrons. The number of hydrogen-bond donors (Lipinski definition) is 1. The van der Waals surface area contributed by atoms with Gasteiger partial charge >= 0.3 is 0 Å². The van der Waals surface area contributed by atoms with E-state index in [1.807, 2.05) is 24.3 Å². The number of thioether (sulfide) groups is 2. The molecule has 1 aromatic heterocycles. The Bertz CT molecular complexity index is 716. The molecule has 0 atom stereocenters. The second kappa shape index (κ2) is 7.23. The lowest BCUT2D eigenvalue weighted by Crippen LogP contribution is -2.16. The van der Waals surface area contributed by atoms with Crippen molar-refractivity contribution in [2.24, 2.45) is 0 Å². The quantitative estimate of drug-likeness (QED) is 0.866. The molecule has 0 bridgehead atoms. The minimum Gasteiger partial charge on any atom is -0.325 e. The fourth-order valence-electron chi connectivity index (χ4n) is 3.29. The summed E-state index contributed by atoms with van der Waals surface area (Å²) in [4.78, 5) is 17.0. The Balaban J connectivity index is 1.45. The average molecular weight is 360 g/mol. The maximum atomic E-state index is 12.3. The van der Waals surface area contributed by atoms with Crippen LogP contribution >= 0.6 is 23.5 Å². The molecule has 2 aromatic rings. The lowest BCUT2D eigenvalue weighted by Gasteiger charge is -2.11. The van der Waals surface area contributed by atoms with Crippen LogP contribution < -0.4 is 5.32 Å². The summed E-state index contributed by atoms with van der Waals surface area (Å²) in [7, 11) is 0. The summed E-state index contributed by atoms with van der Waals surface area (Å²) in [5.41, 5.74) is 2.80. The van der Waals surface area contributed by atoms with Gasteiger partial charge in [-0.3, -0.25) is 4.79 Å². The van der Waals surface area contributed by atoms with E-state index in [0.29, 0.717) is 11.0 Å². The minimum atomic E-state index is 0.0838. The summed E-state index contributed by atoms with van der Waals surface area (Å²) < 4.78 is 2.19. The van der Waals surface area contributed by atoms with Crippen LogP contribution in [0, 0.1) is 0 Å². The number of aryl methyl sites for hydroxylation is 1. The third-order valence-electron chi connectivity index (χ3n) is 4.53. The Hall–Kier alpha value is -1.40. The van der Waals surface area contributed by atoms with Gasteiger partial charge in [-0.25, -0.2) is 4.98 Å². The molecule has 0 unspecified atom stereocenters. The van der Waals surface area contributed by atoms with E-state index in [-0.39, 0.29) is 5.91 Å². The predicted molar refractivity (Wildman–Crippen MR) is 102 cm³/mol. The summed E-state index contributed by atoms with van der Waals surface area (Å²) in [6, 6.07) is 7.95. The number of amides is 1. The first kappa shape index (κ1) is 16.1. The van der Waals surface area contributed by atoms with E-state index in [1.165, 1.54) is 25.7 Å². The van der Waals surface area contributed by atoms with E-state index in [0.717, 1.165) is 34.4 Å². The van der Waals surface area contributed by atoms with E-state index in [4.69, 9.17) is 4.98 Å². The highest BCUT2D eigenvalue weighted by Crippen LogP contribution is 2.33. The number of para-hydroxylation sites is 1. The molecule has 1 aliphatic carbocycles. The van der Waals surface area contributed by atoms with Crippen LogP contribution in [0.4, 0.5) is 5.69 Å². The first-order valence-corrected chi connectivity index (χ1v) is 10.5. The van der Waals surface area contributed by atoms with Crippen LogP contribution in [0.5, 0.6) is 0 Å². The Labute approximate surface area is 150 Å². The number of aromatic nitrogens is 2. The molecule has 1 fully saturated rings. The lowest BCUT2D eigenvalue weighted by atomic mass is 10.1. The fraction of sp³-hybridized carbons (Fsp3) is 0.444. The molecule has 4 rings (SSSR count). The molecule has 24 heavy (non-hydrogen) atoms. The molecule has 1 saturated carbocycles. The molecule has 1 amide bonds. The largest absolute Gasteiger partial charge is 0.325 e. The molecule has 1 aliphatic heterocycles. The van der Waals surface area contributed by atoms with Gasteiger partial charge in [-0.2, -0.15) is 0 Å². The van der Waals surface area contributed by atoms with Gasteiger partial charge in [0.05, 0.1) is 17.1 Å². The zero-order valence-electron chi connectivity index (χ0n) is 13.5. The third kappa shape index (κ3) is 3.49. The Kier molecular flexibility index (Phi) is 4.85. The minimum absolute atomic E-state index is 0.0838. The van der Waals surface area contributed by atoms with Gasteiger partial charge in [0.1, 0.15) is 0 Å². The number of carbonyl (C=O) groups is 1. The number of imidazole rings is 1. The number of nitrogens with one attached hydrogen (secondary N) is 1. The number of anilines is 1. The Morgan fingerprint density at radius 1 is 1.33 bits per heavy atom. The molecular weight excluding hydrogens is 338 g/mol. The van der Waals surface area contributed by atoms with E-state index >= 15 is 0 Å². The van der Waals surface area contributed by atoms with Crippen LogP contribution in [0.2, 0.25) is 0 Å². The van der Waals surface area contributed by atoms with Crippen LogP contribution in [0.1, 0.15) is 25.7 Å². The molecule has 2 aliphatic rings. The zero-order valence-corrected chi connectivity index (χ0v) is 15.2. The number of hydrogen-bond acceptors (Lipinski definition) is 4. The van der Waals surface area contributed by atoms with Gasteiger partial charge in [0.2, 0.25) is 5.91 Å². The van der Waals surface area contributed by atoms with Gasteiger partial charge in [-0.15, -0.1) is 11.8 Å². The number of rotatable bonds is 5. The highest BCUT2D eigenvalue weighted by molar-refractivity contribution is 8.00. The van der Waals surface area contributed by atoms with E-state index < -0.39 is 0 Å². The topological polar surface area (TPSA) is 46.9 Å². The summed E-state index contributed by atoms with van der Waals surface area (Å²) in [5.74, 6) is 1.72. The van der Waals surface area contributed by atoms with Crippen molar-refractivity contribution in [3.63, 3.8) is 0 Å². The molecule has 6 heteroatoms. The summed E-state index contributed by atoms with van der Waals surface area (Å²) >= 11 is 3.58. The van der Waals surface area contributed by atoms with Crippen molar-refractivity contribution in [1.29, 1.82) is 0 Å². The zero-order chi connectivity index (χ0) is 16.4. The van der Waals surface area contributed by atoms with Crippen LogP contribution in [0.15, 0.2) is 35.6 Å². The van der Waals surface area contributed by atoms with Crippen molar-refractivity contribution in [2.45, 2.75) is 42.6 Å². The first-order chi connectivity index (χ1) is 11.8. The van der Waals surface area contributed by atoms with Crippen LogP contribution in [0.25, 0.3) is 11.3 Å². The van der Waals surface area contributed by atoms with Gasteiger partial charge in [-0.05, 0) is 18.9 Å². The number of nitrogens with zero attached hydrogens (tertiary/aromatic N) is 2. The second-order valence-corrected chi connectivity index (χ2v) is 8.61. The molecule has 1 aromatic carbocycles. The van der Waals surface area contributed by atoms with Crippen LogP contribution in [0.3, 0.4) is 0 Å². The summed E-state index contributed by atoms with van der Waals surface area (Å²) in [6.07, 6.45) is 7.22. The highest BCUT2D eigenvalue weighted by atomic mass is 32.2. The van der Waals surface area contributed by atoms with E-state index in [1.54, 1.807) is 23.5 Å². The van der Waals surface area contributed by atoms with Crippen LogP contribution in [-0.2, 0) is 11.3 Å². The van der Waals surface area contributed by atoms with Crippen molar-refractivity contribution in [1.82, 2.24) is 9.55 Å². The van der Waals surface area contributed by atoms with Gasteiger partial charge in [-0.1, -0.05) is 42.8 Å². The first-order valence-electron chi connectivity index (χ1n) is 8.50. The number of benzene rings is 1. The second-order valence-electron chi connectivity index (χ2n) is 6.26. The number of carbonyl (C=O) groups excluding carboxylic acids is 1. The third-order valence-corrected chi connectivity index (χ3v) is 6.88. The molecule has 2 heterocycles. The average Bonchev–Trinajstić information content (AvgIpc) is 3.30. The monoisotopic (exact) mass is 359 g/mol. The van der Waals surface area contributed by atoms with Gasteiger partial charge in [0.25, 0.3) is 0 Å². The highest BCUT2D eigenvalue weighted by Gasteiger charge is 2.19. The van der Waals surface area contributed by atoms with Crippen molar-refractivity contribution in [2.75, 3.05) is 16.8 Å². The molecule has 0 spiro atoms. The van der Waals surface area contributed by atoms with E-state index in [2.05, 4.69) is 16.1 Å². The fourth-order valence-corrected chi connectivity index (χ4v) is 5.36. The van der Waals surface area contributed by atoms with Crippen molar-refractivity contribution in [3.05, 3.63) is 30.5 Å². The lowest BCUT2D eigenvalue weighted by molar-refractivity contribution is -0.113. The van der Waals surface area contributed by atoms with Crippen molar-refractivity contribution < 1.29 is 4.79 Å². The predicted octanol–water partition coefficient (Wildman–Crippen LogP) is 4.27. The maximum absolute atomic E-state index is 12.3. The van der Waals surface area contributed by atoms with Crippen molar-refractivity contribution >= 4 is 35.1 Å². The number of fused-ring (bicyclic) bond motifs is 1. The van der Waals surface area contributed by atoms with Gasteiger partial charge in [0, 0.05) is 29.3 Å². The standard InChI is InChI=1S/C18H21N3OS2/c22-17(12-24-13-5-1-2-6-13)19-15-8-4-3-7-14(15)16-11-21-9-10-23-18(21)20-16/h3-4,7-8,11,13H,1-2,5-6,9-10,12H2,(H,19,22). The normalized spacial score (nSPS) is 17.2. The molecule has 0 saturated heterocycles. The smallest absolute Gasteiger partial charge is 0.234 e. The molecule has 4 nitrogen and oxygen atoms in total. The van der Waals surface area contributed by atoms with Crippen LogP contribution in [-0.4, -0.2) is 32.2 Å². The summed E-state index contributed by atoms with van der Waals surface area (Å²) in [6.45, 7) is 1.01. The summed E-state index contributed by atoms with van der Waals surface area (Å²) in [5, 5.41) is 4.82. The molecule has 126 valence electrons. The Morgan fingerprint density at radius 2 is 2.17 bits per heavy atom. The van der Waals surface area contributed by atoms with Crippen molar-refractivity contribution in [3.8, 4) is 11.3 Å². The van der Waals surface area contributed by atoms with Gasteiger partial charge < -0.3 is 9.88 Å².